The minimum absolute atomic E-state index is 0.125. The topological polar surface area (TPSA) is 0 Å². The SMILES string of the molecule is Cc1ccc(C(Br)c2cc(C)c(Br)cc2C)c(F)c1. The van der Waals surface area contributed by atoms with Gasteiger partial charge in [-0.1, -0.05) is 50.1 Å². The molecule has 0 aliphatic rings. The van der Waals surface area contributed by atoms with Crippen LogP contribution in [0.4, 0.5) is 4.39 Å². The van der Waals surface area contributed by atoms with Gasteiger partial charge in [0.05, 0.1) is 4.83 Å². The smallest absolute Gasteiger partial charge is 0.128 e. The third-order valence-corrected chi connectivity index (χ3v) is 5.09. The Morgan fingerprint density at radius 1 is 0.947 bits per heavy atom. The summed E-state index contributed by atoms with van der Waals surface area (Å²) < 4.78 is 15.1. The standard InChI is InChI=1S/C16H15Br2F/c1-9-4-5-12(15(19)6-9)16(18)13-7-11(3)14(17)8-10(13)2/h4-8,16H,1-3H3. The molecular formula is C16H15Br2F. The first-order chi connectivity index (χ1) is 8.90. The molecule has 0 aliphatic carbocycles. The van der Waals surface area contributed by atoms with Crippen LogP contribution in [0.1, 0.15) is 32.6 Å². The highest BCUT2D eigenvalue weighted by Gasteiger charge is 2.17. The summed E-state index contributed by atoms with van der Waals surface area (Å²) in [5.74, 6) is -0.165. The molecule has 3 heteroatoms. The molecule has 0 spiro atoms. The van der Waals surface area contributed by atoms with Gasteiger partial charge in [0.15, 0.2) is 0 Å². The van der Waals surface area contributed by atoms with Crippen molar-refractivity contribution in [1.29, 1.82) is 0 Å². The molecular weight excluding hydrogens is 371 g/mol. The molecule has 0 heterocycles. The van der Waals surface area contributed by atoms with Gasteiger partial charge in [-0.05, 0) is 55.2 Å². The molecule has 0 aromatic heterocycles. The van der Waals surface area contributed by atoms with Gasteiger partial charge in [-0.3, -0.25) is 0 Å². The molecule has 2 aromatic carbocycles. The second kappa shape index (κ2) is 5.76. The largest absolute Gasteiger partial charge is 0.207 e. The number of hydrogen-bond acceptors (Lipinski definition) is 0. The quantitative estimate of drug-likeness (QED) is 0.556. The number of benzene rings is 2. The lowest BCUT2D eigenvalue weighted by atomic mass is 9.97. The van der Waals surface area contributed by atoms with Gasteiger partial charge in [0.2, 0.25) is 0 Å². The predicted molar refractivity (Wildman–Crippen MR) is 85.5 cm³/mol. The second-order valence-electron chi connectivity index (χ2n) is 4.85. The van der Waals surface area contributed by atoms with Crippen molar-refractivity contribution in [3.8, 4) is 0 Å². The maximum atomic E-state index is 14.1. The van der Waals surface area contributed by atoms with Crippen molar-refractivity contribution in [2.24, 2.45) is 0 Å². The number of hydrogen-bond donors (Lipinski definition) is 0. The van der Waals surface area contributed by atoms with Crippen LogP contribution < -0.4 is 0 Å². The van der Waals surface area contributed by atoms with E-state index in [4.69, 9.17) is 0 Å². The number of aryl methyl sites for hydroxylation is 3. The van der Waals surface area contributed by atoms with E-state index in [-0.39, 0.29) is 10.6 Å². The molecule has 0 saturated heterocycles. The van der Waals surface area contributed by atoms with Gasteiger partial charge in [-0.25, -0.2) is 4.39 Å². The maximum absolute atomic E-state index is 14.1. The Kier molecular flexibility index (Phi) is 4.46. The first-order valence-corrected chi connectivity index (χ1v) is 7.77. The molecule has 0 saturated carbocycles. The van der Waals surface area contributed by atoms with Crippen molar-refractivity contribution in [1.82, 2.24) is 0 Å². The van der Waals surface area contributed by atoms with Crippen molar-refractivity contribution in [3.63, 3.8) is 0 Å². The highest BCUT2D eigenvalue weighted by molar-refractivity contribution is 9.10. The molecule has 0 bridgehead atoms. The Bertz CT molecular complexity index is 620. The zero-order valence-corrected chi connectivity index (χ0v) is 14.3. The Morgan fingerprint density at radius 3 is 2.26 bits per heavy atom. The summed E-state index contributed by atoms with van der Waals surface area (Å²) in [7, 11) is 0. The second-order valence-corrected chi connectivity index (χ2v) is 6.62. The third kappa shape index (κ3) is 3.09. The Balaban J connectivity index is 2.49. The van der Waals surface area contributed by atoms with Crippen molar-refractivity contribution in [2.75, 3.05) is 0 Å². The maximum Gasteiger partial charge on any atom is 0.128 e. The van der Waals surface area contributed by atoms with Gasteiger partial charge in [0.25, 0.3) is 0 Å². The van der Waals surface area contributed by atoms with Crippen LogP contribution in [0.15, 0.2) is 34.8 Å². The molecule has 0 aliphatic heterocycles. The fraction of sp³-hybridized carbons (Fsp3) is 0.250. The summed E-state index contributed by atoms with van der Waals surface area (Å²) in [4.78, 5) is -0.125. The van der Waals surface area contributed by atoms with Gasteiger partial charge < -0.3 is 0 Å². The van der Waals surface area contributed by atoms with Gasteiger partial charge in [0, 0.05) is 10.0 Å². The van der Waals surface area contributed by atoms with Crippen LogP contribution in [0.2, 0.25) is 0 Å². The lowest BCUT2D eigenvalue weighted by Gasteiger charge is -2.16. The number of halogens is 3. The van der Waals surface area contributed by atoms with Gasteiger partial charge in [0.1, 0.15) is 5.82 Å². The Morgan fingerprint density at radius 2 is 1.63 bits per heavy atom. The molecule has 2 aromatic rings. The molecule has 0 radical (unpaired) electrons. The van der Waals surface area contributed by atoms with E-state index in [1.165, 1.54) is 0 Å². The minimum Gasteiger partial charge on any atom is -0.207 e. The van der Waals surface area contributed by atoms with E-state index >= 15 is 0 Å². The van der Waals surface area contributed by atoms with E-state index in [1.807, 2.05) is 32.9 Å². The van der Waals surface area contributed by atoms with Crippen LogP contribution in [-0.2, 0) is 0 Å². The van der Waals surface area contributed by atoms with E-state index in [2.05, 4.69) is 44.0 Å². The van der Waals surface area contributed by atoms with Crippen LogP contribution in [-0.4, -0.2) is 0 Å². The monoisotopic (exact) mass is 384 g/mol. The Hall–Kier alpha value is -0.670. The van der Waals surface area contributed by atoms with Crippen LogP contribution in [0.25, 0.3) is 0 Å². The lowest BCUT2D eigenvalue weighted by molar-refractivity contribution is 0.612. The van der Waals surface area contributed by atoms with Crippen LogP contribution >= 0.6 is 31.9 Å². The Labute approximate surface area is 130 Å². The predicted octanol–water partition coefficient (Wildman–Crippen LogP) is 6.00. The van der Waals surface area contributed by atoms with Crippen LogP contribution in [0.3, 0.4) is 0 Å². The van der Waals surface area contributed by atoms with E-state index in [1.54, 1.807) is 6.07 Å². The normalized spacial score (nSPS) is 12.5. The first kappa shape index (κ1) is 14.7. The van der Waals surface area contributed by atoms with Crippen molar-refractivity contribution >= 4 is 31.9 Å². The zero-order chi connectivity index (χ0) is 14.2. The molecule has 19 heavy (non-hydrogen) atoms. The van der Waals surface area contributed by atoms with E-state index in [9.17, 15) is 4.39 Å². The third-order valence-electron chi connectivity index (χ3n) is 3.25. The molecule has 1 atom stereocenters. The average molecular weight is 386 g/mol. The molecule has 100 valence electrons. The number of alkyl halides is 1. The summed E-state index contributed by atoms with van der Waals surface area (Å²) >= 11 is 7.14. The lowest BCUT2D eigenvalue weighted by Crippen LogP contribution is -2.00. The molecule has 1 unspecified atom stereocenters. The fourth-order valence-electron chi connectivity index (χ4n) is 2.08. The summed E-state index contributed by atoms with van der Waals surface area (Å²) in [6, 6.07) is 9.53. The number of rotatable bonds is 2. The van der Waals surface area contributed by atoms with Gasteiger partial charge in [-0.15, -0.1) is 0 Å². The van der Waals surface area contributed by atoms with E-state index in [0.717, 1.165) is 26.7 Å². The molecule has 0 N–H and O–H groups in total. The fourth-order valence-corrected chi connectivity index (χ4v) is 3.40. The molecule has 2 rings (SSSR count). The van der Waals surface area contributed by atoms with Gasteiger partial charge in [-0.2, -0.15) is 0 Å². The summed E-state index contributed by atoms with van der Waals surface area (Å²) in [5.41, 5.74) is 5.00. The van der Waals surface area contributed by atoms with E-state index < -0.39 is 0 Å². The van der Waals surface area contributed by atoms with Crippen LogP contribution in [0.5, 0.6) is 0 Å². The zero-order valence-electron chi connectivity index (χ0n) is 11.1. The minimum atomic E-state index is -0.165. The van der Waals surface area contributed by atoms with E-state index in [0.29, 0.717) is 5.56 Å². The highest BCUT2D eigenvalue weighted by Crippen LogP contribution is 2.36. The van der Waals surface area contributed by atoms with Crippen molar-refractivity contribution in [3.05, 3.63) is 68.4 Å². The van der Waals surface area contributed by atoms with Crippen molar-refractivity contribution < 1.29 is 4.39 Å². The molecule has 0 fully saturated rings. The molecule has 0 amide bonds. The summed E-state index contributed by atoms with van der Waals surface area (Å²) in [6.07, 6.45) is 0. The average Bonchev–Trinajstić information content (AvgIpc) is 2.33. The highest BCUT2D eigenvalue weighted by atomic mass is 79.9. The van der Waals surface area contributed by atoms with Crippen LogP contribution in [0, 0.1) is 26.6 Å². The summed E-state index contributed by atoms with van der Waals surface area (Å²) in [6.45, 7) is 5.98. The van der Waals surface area contributed by atoms with Gasteiger partial charge >= 0.3 is 0 Å². The summed E-state index contributed by atoms with van der Waals surface area (Å²) in [5, 5.41) is 0. The van der Waals surface area contributed by atoms with Crippen molar-refractivity contribution in [2.45, 2.75) is 25.6 Å². The molecule has 0 nitrogen and oxygen atoms in total. The first-order valence-electron chi connectivity index (χ1n) is 6.07.